The van der Waals surface area contributed by atoms with Gasteiger partial charge in [0.2, 0.25) is 0 Å². The van der Waals surface area contributed by atoms with Gasteiger partial charge in [-0.1, -0.05) is 61.2 Å². The molecule has 0 bridgehead atoms. The Morgan fingerprint density at radius 2 is 1.75 bits per heavy atom. The molecule has 0 aliphatic rings. The fourth-order valence-corrected chi connectivity index (χ4v) is 4.47. The van der Waals surface area contributed by atoms with Crippen LogP contribution in [0.2, 0.25) is 0 Å². The van der Waals surface area contributed by atoms with E-state index in [1.54, 1.807) is 23.1 Å². The summed E-state index contributed by atoms with van der Waals surface area (Å²) in [7, 11) is 0. The Morgan fingerprint density at radius 1 is 1.05 bits per heavy atom. The zero-order valence-corrected chi connectivity index (χ0v) is 12.8. The number of nitrogens with two attached hydrogens (primary N) is 1. The van der Waals surface area contributed by atoms with Gasteiger partial charge in [-0.25, -0.2) is 4.98 Å². The SMILES string of the molecule is CC(Sc1nc2ccccc2s1)C(N)c1ccccc1. The van der Waals surface area contributed by atoms with Crippen LogP contribution in [0, 0.1) is 0 Å². The first-order valence-corrected chi connectivity index (χ1v) is 8.26. The van der Waals surface area contributed by atoms with Gasteiger partial charge in [0.1, 0.15) is 0 Å². The van der Waals surface area contributed by atoms with Crippen LogP contribution in [0.15, 0.2) is 58.9 Å². The predicted octanol–water partition coefficient (Wildman–Crippen LogP) is 4.48. The van der Waals surface area contributed by atoms with Crippen LogP contribution in [0.1, 0.15) is 18.5 Å². The third-order valence-corrected chi connectivity index (χ3v) is 5.58. The lowest BCUT2D eigenvalue weighted by Gasteiger charge is -2.18. The lowest BCUT2D eigenvalue weighted by molar-refractivity contribution is 0.715. The van der Waals surface area contributed by atoms with E-state index in [0.717, 1.165) is 9.86 Å². The predicted molar refractivity (Wildman–Crippen MR) is 88.3 cm³/mol. The summed E-state index contributed by atoms with van der Waals surface area (Å²) in [5.74, 6) is 0. The van der Waals surface area contributed by atoms with Gasteiger partial charge in [0.15, 0.2) is 4.34 Å². The van der Waals surface area contributed by atoms with Crippen molar-refractivity contribution in [2.45, 2.75) is 22.6 Å². The standard InChI is InChI=1S/C16H16N2S2/c1-11(15(17)12-7-3-2-4-8-12)19-16-18-13-9-5-6-10-14(13)20-16/h2-11,15H,17H2,1H3. The van der Waals surface area contributed by atoms with Gasteiger partial charge in [-0.15, -0.1) is 11.3 Å². The summed E-state index contributed by atoms with van der Waals surface area (Å²) < 4.78 is 2.32. The average molecular weight is 300 g/mol. The van der Waals surface area contributed by atoms with Crippen molar-refractivity contribution in [3.8, 4) is 0 Å². The van der Waals surface area contributed by atoms with Crippen molar-refractivity contribution < 1.29 is 0 Å². The van der Waals surface area contributed by atoms with Crippen LogP contribution in [0.4, 0.5) is 0 Å². The molecule has 0 radical (unpaired) electrons. The maximum Gasteiger partial charge on any atom is 0.151 e. The molecule has 0 fully saturated rings. The minimum absolute atomic E-state index is 0.0215. The zero-order valence-electron chi connectivity index (χ0n) is 11.2. The molecular formula is C16H16N2S2. The number of thiazole rings is 1. The van der Waals surface area contributed by atoms with Crippen LogP contribution in [0.3, 0.4) is 0 Å². The molecular weight excluding hydrogens is 284 g/mol. The quantitative estimate of drug-likeness (QED) is 0.722. The first-order valence-electron chi connectivity index (χ1n) is 6.57. The fourth-order valence-electron chi connectivity index (χ4n) is 2.08. The van der Waals surface area contributed by atoms with Gasteiger partial charge in [-0.05, 0) is 17.7 Å². The molecule has 0 amide bonds. The molecule has 0 saturated heterocycles. The highest BCUT2D eigenvalue weighted by Gasteiger charge is 2.17. The lowest BCUT2D eigenvalue weighted by Crippen LogP contribution is -2.20. The molecule has 20 heavy (non-hydrogen) atoms. The molecule has 0 aliphatic heterocycles. The molecule has 1 aromatic heterocycles. The Balaban J connectivity index is 1.76. The van der Waals surface area contributed by atoms with E-state index in [1.165, 1.54) is 10.3 Å². The molecule has 2 N–H and O–H groups in total. The third-order valence-electron chi connectivity index (χ3n) is 3.25. The Hall–Kier alpha value is -1.36. The lowest BCUT2D eigenvalue weighted by atomic mass is 10.1. The normalized spacial score (nSPS) is 14.3. The third kappa shape index (κ3) is 2.87. The summed E-state index contributed by atoms with van der Waals surface area (Å²) in [5, 5.41) is 0.290. The van der Waals surface area contributed by atoms with E-state index in [-0.39, 0.29) is 11.3 Å². The fraction of sp³-hybridized carbons (Fsp3) is 0.188. The van der Waals surface area contributed by atoms with E-state index >= 15 is 0 Å². The van der Waals surface area contributed by atoms with Crippen LogP contribution in [0.25, 0.3) is 10.2 Å². The van der Waals surface area contributed by atoms with Crippen LogP contribution in [0.5, 0.6) is 0 Å². The van der Waals surface area contributed by atoms with Crippen molar-refractivity contribution >= 4 is 33.3 Å². The Bertz CT molecular complexity index is 661. The highest BCUT2D eigenvalue weighted by Crippen LogP contribution is 2.35. The molecule has 1 heterocycles. The highest BCUT2D eigenvalue weighted by atomic mass is 32.2. The Kier molecular flexibility index (Phi) is 4.05. The van der Waals surface area contributed by atoms with E-state index < -0.39 is 0 Å². The van der Waals surface area contributed by atoms with Gasteiger partial charge >= 0.3 is 0 Å². The van der Waals surface area contributed by atoms with Gasteiger partial charge in [-0.2, -0.15) is 0 Å². The molecule has 2 nitrogen and oxygen atoms in total. The van der Waals surface area contributed by atoms with E-state index in [9.17, 15) is 0 Å². The number of fused-ring (bicyclic) bond motifs is 1. The van der Waals surface area contributed by atoms with Gasteiger partial charge in [0.05, 0.1) is 10.2 Å². The number of hydrogen-bond donors (Lipinski definition) is 1. The minimum Gasteiger partial charge on any atom is -0.323 e. The topological polar surface area (TPSA) is 38.9 Å². The Morgan fingerprint density at radius 3 is 2.50 bits per heavy atom. The van der Waals surface area contributed by atoms with Crippen molar-refractivity contribution in [3.05, 3.63) is 60.2 Å². The number of aromatic nitrogens is 1. The van der Waals surface area contributed by atoms with Crippen molar-refractivity contribution in [2.24, 2.45) is 5.73 Å². The molecule has 3 rings (SSSR count). The summed E-state index contributed by atoms with van der Waals surface area (Å²) in [6.07, 6.45) is 0. The molecule has 2 atom stereocenters. The van der Waals surface area contributed by atoms with Gasteiger partial charge in [0.25, 0.3) is 0 Å². The Labute approximate surface area is 127 Å². The van der Waals surface area contributed by atoms with Gasteiger partial charge in [-0.3, -0.25) is 0 Å². The second-order valence-corrected chi connectivity index (χ2v) is 7.36. The molecule has 0 saturated carbocycles. The minimum atomic E-state index is 0.0215. The van der Waals surface area contributed by atoms with E-state index in [1.807, 2.05) is 30.3 Å². The number of benzene rings is 2. The zero-order chi connectivity index (χ0) is 13.9. The van der Waals surface area contributed by atoms with Crippen molar-refractivity contribution in [1.82, 2.24) is 4.98 Å². The number of thioether (sulfide) groups is 1. The highest BCUT2D eigenvalue weighted by molar-refractivity contribution is 8.01. The largest absolute Gasteiger partial charge is 0.323 e. The van der Waals surface area contributed by atoms with Crippen molar-refractivity contribution in [3.63, 3.8) is 0 Å². The van der Waals surface area contributed by atoms with Crippen LogP contribution in [-0.2, 0) is 0 Å². The van der Waals surface area contributed by atoms with Crippen LogP contribution >= 0.6 is 23.1 Å². The number of para-hydroxylation sites is 1. The molecule has 2 unspecified atom stereocenters. The van der Waals surface area contributed by atoms with E-state index in [0.29, 0.717) is 0 Å². The van der Waals surface area contributed by atoms with Crippen LogP contribution < -0.4 is 5.73 Å². The molecule has 2 aromatic carbocycles. The maximum absolute atomic E-state index is 6.34. The summed E-state index contributed by atoms with van der Waals surface area (Å²) in [4.78, 5) is 4.65. The number of rotatable bonds is 4. The summed E-state index contributed by atoms with van der Waals surface area (Å²) in [5.41, 5.74) is 8.58. The average Bonchev–Trinajstić information content (AvgIpc) is 2.89. The summed E-state index contributed by atoms with van der Waals surface area (Å²) in [6.45, 7) is 2.16. The number of hydrogen-bond acceptors (Lipinski definition) is 4. The smallest absolute Gasteiger partial charge is 0.151 e. The van der Waals surface area contributed by atoms with E-state index in [4.69, 9.17) is 5.73 Å². The second kappa shape index (κ2) is 5.95. The van der Waals surface area contributed by atoms with Crippen molar-refractivity contribution in [2.75, 3.05) is 0 Å². The maximum atomic E-state index is 6.34. The second-order valence-electron chi connectivity index (χ2n) is 4.71. The van der Waals surface area contributed by atoms with Crippen molar-refractivity contribution in [1.29, 1.82) is 0 Å². The first kappa shape index (κ1) is 13.6. The summed E-state index contributed by atoms with van der Waals surface area (Å²) >= 11 is 3.49. The molecule has 3 aromatic rings. The molecule has 0 aliphatic carbocycles. The summed E-state index contributed by atoms with van der Waals surface area (Å²) in [6, 6.07) is 18.5. The first-order chi connectivity index (χ1) is 9.74. The molecule has 4 heteroatoms. The molecule has 102 valence electrons. The number of nitrogens with zero attached hydrogens (tertiary/aromatic N) is 1. The van der Waals surface area contributed by atoms with Gasteiger partial charge < -0.3 is 5.73 Å². The van der Waals surface area contributed by atoms with E-state index in [2.05, 4.69) is 36.2 Å². The monoisotopic (exact) mass is 300 g/mol. The van der Waals surface area contributed by atoms with Gasteiger partial charge in [0, 0.05) is 11.3 Å². The molecule has 0 spiro atoms. The van der Waals surface area contributed by atoms with Crippen LogP contribution in [-0.4, -0.2) is 10.2 Å².